The van der Waals surface area contributed by atoms with Gasteiger partial charge in [0, 0.05) is 0 Å². The van der Waals surface area contributed by atoms with Gasteiger partial charge in [-0.2, -0.15) is 0 Å². The highest BCUT2D eigenvalue weighted by atomic mass is 14.3. The van der Waals surface area contributed by atoms with Crippen LogP contribution in [0.1, 0.15) is 73.1 Å². The molecule has 0 N–H and O–H groups in total. The van der Waals surface area contributed by atoms with Crippen molar-refractivity contribution in [2.45, 2.75) is 89.6 Å². The van der Waals surface area contributed by atoms with Gasteiger partial charge in [-0.3, -0.25) is 0 Å². The molecule has 98 valence electrons. The molecule has 3 atom stereocenters. The number of hydrogen-bond acceptors (Lipinski definition) is 0. The summed E-state index contributed by atoms with van der Waals surface area (Å²) in [6.07, 6.45) is 8.61. The first-order valence-electron chi connectivity index (χ1n) is 7.75. The topological polar surface area (TPSA) is 0 Å². The molecule has 2 heteroatoms. The summed E-state index contributed by atoms with van der Waals surface area (Å²) >= 11 is 0. The molecule has 0 radical (unpaired) electrons. The second-order valence-corrected chi connectivity index (χ2v) is 8.04. The quantitative estimate of drug-likeness (QED) is 0.627. The van der Waals surface area contributed by atoms with E-state index in [1.165, 1.54) is 45.8 Å². The molecule has 0 aliphatic heterocycles. The van der Waals surface area contributed by atoms with Gasteiger partial charge in [-0.1, -0.05) is 89.6 Å². The van der Waals surface area contributed by atoms with Gasteiger partial charge in [0.2, 0.25) is 0 Å². The van der Waals surface area contributed by atoms with Crippen molar-refractivity contribution >= 4 is 15.1 Å². The number of hydrogen-bond donors (Lipinski definition) is 0. The van der Waals surface area contributed by atoms with Crippen LogP contribution in [0.2, 0.25) is 16.4 Å². The molecule has 1 aliphatic carbocycles. The van der Waals surface area contributed by atoms with Crippen LogP contribution >= 0.6 is 0 Å². The third-order valence-electron chi connectivity index (χ3n) is 5.25. The lowest BCUT2D eigenvalue weighted by Gasteiger charge is -2.32. The molecule has 0 aromatic carbocycles. The van der Waals surface area contributed by atoms with E-state index in [1.54, 1.807) is 0 Å². The molecule has 1 rings (SSSR count). The lowest BCUT2D eigenvalue weighted by molar-refractivity contribution is 0.359. The minimum atomic E-state index is 0.559. The van der Waals surface area contributed by atoms with Gasteiger partial charge in [-0.05, 0) is 5.92 Å². The molecule has 0 aromatic rings. The Morgan fingerprint density at radius 1 is 1.12 bits per heavy atom. The maximum Gasteiger partial charge on any atom is 0.130 e. The Kier molecular flexibility index (Phi) is 5.22. The number of rotatable bonds is 2. The van der Waals surface area contributed by atoms with Crippen LogP contribution in [0.25, 0.3) is 0 Å². The van der Waals surface area contributed by atoms with Crippen LogP contribution in [0.5, 0.6) is 0 Å². The van der Waals surface area contributed by atoms with Crippen LogP contribution in [0.3, 0.4) is 0 Å². The summed E-state index contributed by atoms with van der Waals surface area (Å²) in [5.74, 6) is 1.75. The van der Waals surface area contributed by atoms with E-state index in [1.807, 2.05) is 0 Å². The third kappa shape index (κ3) is 4.72. The van der Waals surface area contributed by atoms with Crippen molar-refractivity contribution in [3.8, 4) is 0 Å². The lowest BCUT2D eigenvalue weighted by atomic mass is 9.44. The Morgan fingerprint density at radius 2 is 1.71 bits per heavy atom. The summed E-state index contributed by atoms with van der Waals surface area (Å²) in [5, 5.41) is 1.18. The van der Waals surface area contributed by atoms with E-state index in [0.717, 1.165) is 11.7 Å². The highest BCUT2D eigenvalue weighted by Gasteiger charge is 2.32. The first-order valence-corrected chi connectivity index (χ1v) is 7.75. The summed E-state index contributed by atoms with van der Waals surface area (Å²) in [5.41, 5.74) is 0. The van der Waals surface area contributed by atoms with Crippen LogP contribution in [0.15, 0.2) is 0 Å². The van der Waals surface area contributed by atoms with Crippen molar-refractivity contribution in [3.63, 3.8) is 0 Å². The Hall–Kier alpha value is 0.130. The van der Waals surface area contributed by atoms with Crippen LogP contribution in [-0.2, 0) is 0 Å². The van der Waals surface area contributed by atoms with E-state index in [0.29, 0.717) is 10.6 Å². The highest BCUT2D eigenvalue weighted by Crippen LogP contribution is 2.47. The summed E-state index contributed by atoms with van der Waals surface area (Å²) in [4.78, 5) is 0. The van der Waals surface area contributed by atoms with Gasteiger partial charge in [-0.15, -0.1) is 0 Å². The largest absolute Gasteiger partial charge is 0.130 e. The fourth-order valence-corrected chi connectivity index (χ4v) is 3.76. The van der Waals surface area contributed by atoms with Crippen LogP contribution in [0, 0.1) is 5.92 Å². The lowest BCUT2D eigenvalue weighted by Crippen LogP contribution is -2.19. The molecule has 1 saturated carbocycles. The van der Waals surface area contributed by atoms with Gasteiger partial charge in [0.25, 0.3) is 0 Å². The molecule has 0 saturated heterocycles. The maximum atomic E-state index is 2.54. The average Bonchev–Trinajstić information content (AvgIpc) is 2.18. The highest BCUT2D eigenvalue weighted by molar-refractivity contribution is 6.41. The van der Waals surface area contributed by atoms with Crippen molar-refractivity contribution in [2.75, 3.05) is 0 Å². The van der Waals surface area contributed by atoms with Crippen LogP contribution in [0.4, 0.5) is 0 Å². The molecule has 1 fully saturated rings. The smallest absolute Gasteiger partial charge is 0.0707 e. The fraction of sp³-hybridized carbons (Fsp3) is 1.00. The minimum absolute atomic E-state index is 0.559. The van der Waals surface area contributed by atoms with Crippen molar-refractivity contribution < 1.29 is 0 Å². The van der Waals surface area contributed by atoms with Gasteiger partial charge >= 0.3 is 0 Å². The summed E-state index contributed by atoms with van der Waals surface area (Å²) in [7, 11) is 3.89. The molecule has 0 bridgehead atoms. The van der Waals surface area contributed by atoms with E-state index >= 15 is 0 Å². The SMILES string of the molecule is BC1(C)CCCC(C)(BC(C)C)CCCC1C. The minimum Gasteiger partial charge on any atom is -0.0707 e. The van der Waals surface area contributed by atoms with Gasteiger partial charge in [0.1, 0.15) is 15.1 Å². The molecular weight excluding hydrogens is 202 g/mol. The monoisotopic (exact) mass is 234 g/mol. The van der Waals surface area contributed by atoms with E-state index in [-0.39, 0.29) is 0 Å². The Labute approximate surface area is 111 Å². The zero-order valence-electron chi connectivity index (χ0n) is 13.1. The molecular formula is C15H32B2. The van der Waals surface area contributed by atoms with Gasteiger partial charge < -0.3 is 0 Å². The second-order valence-electron chi connectivity index (χ2n) is 8.04. The third-order valence-corrected chi connectivity index (χ3v) is 5.25. The maximum absolute atomic E-state index is 2.54. The molecule has 1 aliphatic rings. The van der Waals surface area contributed by atoms with E-state index in [9.17, 15) is 0 Å². The van der Waals surface area contributed by atoms with Crippen molar-refractivity contribution in [1.29, 1.82) is 0 Å². The summed E-state index contributed by atoms with van der Waals surface area (Å²) < 4.78 is 0. The Bertz CT molecular complexity index is 235. The molecule has 0 heterocycles. The van der Waals surface area contributed by atoms with E-state index in [2.05, 4.69) is 42.5 Å². The second kappa shape index (κ2) is 5.85. The van der Waals surface area contributed by atoms with Crippen molar-refractivity contribution in [2.24, 2.45) is 5.92 Å². The molecule has 0 nitrogen and oxygen atoms in total. The van der Waals surface area contributed by atoms with Crippen molar-refractivity contribution in [1.82, 2.24) is 0 Å². The fourth-order valence-electron chi connectivity index (χ4n) is 3.76. The zero-order valence-corrected chi connectivity index (χ0v) is 13.1. The molecule has 3 unspecified atom stereocenters. The van der Waals surface area contributed by atoms with Gasteiger partial charge in [0.15, 0.2) is 0 Å². The van der Waals surface area contributed by atoms with Gasteiger partial charge in [-0.25, -0.2) is 0 Å². The molecule has 0 spiro atoms. The van der Waals surface area contributed by atoms with Gasteiger partial charge in [0.05, 0.1) is 0 Å². The molecule has 0 aromatic heterocycles. The van der Waals surface area contributed by atoms with Crippen LogP contribution < -0.4 is 0 Å². The zero-order chi connectivity index (χ0) is 13.1. The summed E-state index contributed by atoms with van der Waals surface area (Å²) in [6.45, 7) is 12.2. The van der Waals surface area contributed by atoms with Crippen molar-refractivity contribution in [3.05, 3.63) is 0 Å². The predicted molar refractivity (Wildman–Crippen MR) is 84.4 cm³/mol. The predicted octanol–water partition coefficient (Wildman–Crippen LogP) is 4.23. The first kappa shape index (κ1) is 15.2. The standard InChI is InChI=1S/C15H32B2/c1-12(2)17-14(4)9-6-8-13(3)15(5,16)11-7-10-14/h12-13,17H,6-11,16H2,1-5H3. The average molecular weight is 234 g/mol. The van der Waals surface area contributed by atoms with E-state index in [4.69, 9.17) is 0 Å². The Morgan fingerprint density at radius 3 is 2.29 bits per heavy atom. The molecule has 17 heavy (non-hydrogen) atoms. The molecule has 0 amide bonds. The normalized spacial score (nSPS) is 40.5. The van der Waals surface area contributed by atoms with Crippen LogP contribution in [-0.4, -0.2) is 15.1 Å². The van der Waals surface area contributed by atoms with E-state index < -0.39 is 0 Å². The summed E-state index contributed by atoms with van der Waals surface area (Å²) in [6, 6.07) is 0. The first-order chi connectivity index (χ1) is 7.75. The Balaban J connectivity index is 2.64.